The Kier molecular flexibility index (Phi) is 2.72. The van der Waals surface area contributed by atoms with E-state index in [-0.39, 0.29) is 10.8 Å². The first kappa shape index (κ1) is 12.1. The van der Waals surface area contributed by atoms with E-state index in [2.05, 4.69) is 34.6 Å². The molecule has 0 spiro atoms. The smallest absolute Gasteiger partial charge is 0.142 e. The lowest BCUT2D eigenvalue weighted by atomic mass is 9.63. The first-order valence-electron chi connectivity index (χ1n) is 6.79. The van der Waals surface area contributed by atoms with Gasteiger partial charge in [-0.05, 0) is 42.9 Å². The lowest BCUT2D eigenvalue weighted by Gasteiger charge is -2.40. The molecule has 0 aromatic rings. The molecule has 2 fully saturated rings. The van der Waals surface area contributed by atoms with Gasteiger partial charge in [0, 0.05) is 11.3 Å². The van der Waals surface area contributed by atoms with E-state index in [1.807, 2.05) is 0 Å². The van der Waals surface area contributed by atoms with Crippen molar-refractivity contribution >= 4 is 5.78 Å². The Morgan fingerprint density at radius 3 is 1.56 bits per heavy atom. The van der Waals surface area contributed by atoms with Gasteiger partial charge in [0.15, 0.2) is 0 Å². The minimum Gasteiger partial charge on any atom is -0.299 e. The maximum atomic E-state index is 12.8. The fourth-order valence-electron chi connectivity index (χ4n) is 3.46. The molecule has 0 aromatic carbocycles. The fourth-order valence-corrected chi connectivity index (χ4v) is 3.46. The maximum Gasteiger partial charge on any atom is 0.142 e. The van der Waals surface area contributed by atoms with Crippen LogP contribution >= 0.6 is 0 Å². The van der Waals surface area contributed by atoms with E-state index in [4.69, 9.17) is 0 Å². The highest BCUT2D eigenvalue weighted by molar-refractivity contribution is 5.88. The summed E-state index contributed by atoms with van der Waals surface area (Å²) in [7, 11) is 0. The van der Waals surface area contributed by atoms with E-state index < -0.39 is 0 Å². The quantitative estimate of drug-likeness (QED) is 0.688. The minimum atomic E-state index is -0.178. The third-order valence-electron chi connectivity index (χ3n) is 5.63. The molecule has 0 unspecified atom stereocenters. The molecule has 0 aromatic heterocycles. The van der Waals surface area contributed by atoms with Crippen LogP contribution in [0.4, 0.5) is 0 Å². The summed E-state index contributed by atoms with van der Waals surface area (Å²) in [5.74, 6) is 2.39. The molecule has 2 rings (SSSR count). The Balaban J connectivity index is 2.20. The lowest BCUT2D eigenvalue weighted by Crippen LogP contribution is -2.42. The van der Waals surface area contributed by atoms with Crippen LogP contribution in [-0.4, -0.2) is 5.78 Å². The molecule has 2 bridgehead atoms. The van der Waals surface area contributed by atoms with Crippen LogP contribution in [0, 0.1) is 28.6 Å². The van der Waals surface area contributed by atoms with Crippen molar-refractivity contribution in [3.8, 4) is 0 Å². The van der Waals surface area contributed by atoms with E-state index in [0.717, 1.165) is 11.8 Å². The van der Waals surface area contributed by atoms with E-state index >= 15 is 0 Å². The molecule has 0 saturated heterocycles. The number of ketones is 1. The third-order valence-corrected chi connectivity index (χ3v) is 5.63. The summed E-state index contributed by atoms with van der Waals surface area (Å²) in [6, 6.07) is 0. The molecular formula is C15H26O. The number of Topliss-reactive ketones (excluding diaryl/α,β-unsaturated/α-hetero) is 1. The van der Waals surface area contributed by atoms with E-state index in [1.54, 1.807) is 0 Å². The first-order valence-corrected chi connectivity index (χ1v) is 6.79. The Hall–Kier alpha value is -0.330. The first-order chi connectivity index (χ1) is 7.25. The number of hydrogen-bond donors (Lipinski definition) is 0. The van der Waals surface area contributed by atoms with Crippen molar-refractivity contribution in [1.29, 1.82) is 0 Å². The number of rotatable bonds is 2. The molecule has 1 nitrogen and oxygen atoms in total. The van der Waals surface area contributed by atoms with Crippen molar-refractivity contribution in [2.75, 3.05) is 0 Å². The Bertz CT molecular complexity index is 275. The largest absolute Gasteiger partial charge is 0.299 e. The van der Waals surface area contributed by atoms with Gasteiger partial charge in [0.1, 0.15) is 5.78 Å². The van der Waals surface area contributed by atoms with Crippen LogP contribution in [0.25, 0.3) is 0 Å². The highest BCUT2D eigenvalue weighted by Crippen LogP contribution is 2.53. The number of carbonyl (C=O) groups excluding carboxylic acids is 1. The zero-order chi connectivity index (χ0) is 12.1. The average Bonchev–Trinajstić information content (AvgIpc) is 2.73. The summed E-state index contributed by atoms with van der Waals surface area (Å²) in [5, 5.41) is 0. The van der Waals surface area contributed by atoms with E-state index in [0.29, 0.717) is 11.7 Å². The van der Waals surface area contributed by atoms with Crippen molar-refractivity contribution in [3.63, 3.8) is 0 Å². The lowest BCUT2D eigenvalue weighted by molar-refractivity contribution is -0.138. The van der Waals surface area contributed by atoms with E-state index in [9.17, 15) is 4.79 Å². The summed E-state index contributed by atoms with van der Waals surface area (Å²) in [5.41, 5.74) is -0.102. The molecule has 0 amide bonds. The van der Waals surface area contributed by atoms with Gasteiger partial charge in [-0.1, -0.05) is 34.6 Å². The SMILES string of the molecule is CC(C)(C)C(C)(C)C(=O)C1C2CCC1CC2. The molecule has 0 heterocycles. The Morgan fingerprint density at radius 1 is 0.875 bits per heavy atom. The monoisotopic (exact) mass is 222 g/mol. The van der Waals surface area contributed by atoms with Crippen LogP contribution in [0.3, 0.4) is 0 Å². The fraction of sp³-hybridized carbons (Fsp3) is 0.933. The van der Waals surface area contributed by atoms with Crippen molar-refractivity contribution in [2.24, 2.45) is 28.6 Å². The second-order valence-electron chi connectivity index (χ2n) is 7.44. The van der Waals surface area contributed by atoms with Gasteiger partial charge >= 0.3 is 0 Å². The molecule has 0 N–H and O–H groups in total. The standard InChI is InChI=1S/C15H26O/c1-14(2,3)15(4,5)13(16)12-10-6-7-11(12)9-8-10/h10-12H,6-9H2,1-5H3. The van der Waals surface area contributed by atoms with Gasteiger partial charge in [-0.25, -0.2) is 0 Å². The molecule has 2 aliphatic rings. The van der Waals surface area contributed by atoms with E-state index in [1.165, 1.54) is 25.7 Å². The highest BCUT2D eigenvalue weighted by atomic mass is 16.1. The van der Waals surface area contributed by atoms with Crippen LogP contribution in [0.2, 0.25) is 0 Å². The van der Waals surface area contributed by atoms with Gasteiger partial charge < -0.3 is 0 Å². The number of carbonyl (C=O) groups is 1. The van der Waals surface area contributed by atoms with Crippen LogP contribution in [0.1, 0.15) is 60.3 Å². The molecule has 2 saturated carbocycles. The maximum absolute atomic E-state index is 12.8. The zero-order valence-electron chi connectivity index (χ0n) is 11.5. The van der Waals surface area contributed by atoms with Gasteiger partial charge in [0.25, 0.3) is 0 Å². The second-order valence-corrected chi connectivity index (χ2v) is 7.44. The predicted molar refractivity (Wildman–Crippen MR) is 67.2 cm³/mol. The summed E-state index contributed by atoms with van der Waals surface area (Å²) < 4.78 is 0. The molecular weight excluding hydrogens is 196 g/mol. The summed E-state index contributed by atoms with van der Waals surface area (Å²) in [6.07, 6.45) is 5.23. The third kappa shape index (κ3) is 1.63. The summed E-state index contributed by atoms with van der Waals surface area (Å²) >= 11 is 0. The number of fused-ring (bicyclic) bond motifs is 2. The molecule has 92 valence electrons. The average molecular weight is 222 g/mol. The van der Waals surface area contributed by atoms with Crippen LogP contribution in [0.15, 0.2) is 0 Å². The number of hydrogen-bond acceptors (Lipinski definition) is 1. The zero-order valence-corrected chi connectivity index (χ0v) is 11.5. The topological polar surface area (TPSA) is 17.1 Å². The van der Waals surface area contributed by atoms with Gasteiger partial charge in [0.05, 0.1) is 0 Å². The highest BCUT2D eigenvalue weighted by Gasteiger charge is 2.51. The summed E-state index contributed by atoms with van der Waals surface area (Å²) in [4.78, 5) is 12.8. The van der Waals surface area contributed by atoms with Gasteiger partial charge in [0.2, 0.25) is 0 Å². The molecule has 0 radical (unpaired) electrons. The molecule has 0 aliphatic heterocycles. The van der Waals surface area contributed by atoms with Gasteiger partial charge in [-0.2, -0.15) is 0 Å². The van der Waals surface area contributed by atoms with Crippen LogP contribution < -0.4 is 0 Å². The predicted octanol–water partition coefficient (Wildman–Crippen LogP) is 4.06. The summed E-state index contributed by atoms with van der Waals surface area (Å²) in [6.45, 7) is 10.9. The van der Waals surface area contributed by atoms with Crippen LogP contribution in [-0.2, 0) is 4.79 Å². The Morgan fingerprint density at radius 2 is 1.25 bits per heavy atom. The normalized spacial score (nSPS) is 34.4. The van der Waals surface area contributed by atoms with Crippen molar-refractivity contribution in [2.45, 2.75) is 60.3 Å². The molecule has 2 aliphatic carbocycles. The molecule has 0 atom stereocenters. The van der Waals surface area contributed by atoms with Gasteiger partial charge in [-0.15, -0.1) is 0 Å². The van der Waals surface area contributed by atoms with Crippen molar-refractivity contribution < 1.29 is 4.79 Å². The molecule has 1 heteroatoms. The van der Waals surface area contributed by atoms with Gasteiger partial charge in [-0.3, -0.25) is 4.79 Å². The van der Waals surface area contributed by atoms with Crippen molar-refractivity contribution in [1.82, 2.24) is 0 Å². The second kappa shape index (κ2) is 3.58. The Labute approximate surface area is 100.0 Å². The van der Waals surface area contributed by atoms with Crippen molar-refractivity contribution in [3.05, 3.63) is 0 Å². The van der Waals surface area contributed by atoms with Crippen LogP contribution in [0.5, 0.6) is 0 Å². The molecule has 16 heavy (non-hydrogen) atoms. The minimum absolute atomic E-state index is 0.0755.